The van der Waals surface area contributed by atoms with Crippen molar-refractivity contribution in [3.8, 4) is 5.75 Å². The van der Waals surface area contributed by atoms with Gasteiger partial charge in [-0.3, -0.25) is 0 Å². The predicted octanol–water partition coefficient (Wildman–Crippen LogP) is 4.20. The molecule has 0 aliphatic rings. The first-order chi connectivity index (χ1) is 8.08. The van der Waals surface area contributed by atoms with E-state index in [1.807, 2.05) is 0 Å². The number of thiol groups is 1. The summed E-state index contributed by atoms with van der Waals surface area (Å²) in [6, 6.07) is 4.44. The monoisotopic (exact) mass is 252 g/mol. The van der Waals surface area contributed by atoms with Crippen LogP contribution in [0.15, 0.2) is 12.1 Å². The van der Waals surface area contributed by atoms with Gasteiger partial charge in [0.1, 0.15) is 5.75 Å². The van der Waals surface area contributed by atoms with Crippen molar-refractivity contribution >= 4 is 12.6 Å². The van der Waals surface area contributed by atoms with E-state index in [1.165, 1.54) is 16.7 Å². The van der Waals surface area contributed by atoms with E-state index in [1.54, 1.807) is 0 Å². The molecule has 1 aromatic rings. The van der Waals surface area contributed by atoms with E-state index in [0.717, 1.165) is 31.0 Å². The molecule has 1 unspecified atom stereocenters. The largest absolute Gasteiger partial charge is 0.493 e. The van der Waals surface area contributed by atoms with Crippen LogP contribution in [-0.2, 0) is 6.42 Å². The molecule has 0 aromatic heterocycles. The van der Waals surface area contributed by atoms with Crippen LogP contribution in [0.2, 0.25) is 0 Å². The fourth-order valence-corrected chi connectivity index (χ4v) is 2.01. The van der Waals surface area contributed by atoms with Crippen LogP contribution < -0.4 is 4.74 Å². The van der Waals surface area contributed by atoms with Crippen molar-refractivity contribution in [2.45, 2.75) is 40.5 Å². The smallest absolute Gasteiger partial charge is 0.122 e. The summed E-state index contributed by atoms with van der Waals surface area (Å²) in [5.41, 5.74) is 3.99. The van der Waals surface area contributed by atoms with Gasteiger partial charge in [-0.25, -0.2) is 0 Å². The molecule has 0 aliphatic heterocycles. The molecule has 0 bridgehead atoms. The summed E-state index contributed by atoms with van der Waals surface area (Å²) in [6.45, 7) is 9.46. The van der Waals surface area contributed by atoms with Crippen LogP contribution in [0.25, 0.3) is 0 Å². The highest BCUT2D eigenvalue weighted by Gasteiger charge is 2.08. The van der Waals surface area contributed by atoms with Gasteiger partial charge in [-0.1, -0.05) is 19.9 Å². The summed E-state index contributed by atoms with van der Waals surface area (Å²) in [5.74, 6) is 2.59. The second-order valence-corrected chi connectivity index (χ2v) is 5.25. The van der Waals surface area contributed by atoms with E-state index in [-0.39, 0.29) is 0 Å². The Morgan fingerprint density at radius 3 is 2.53 bits per heavy atom. The van der Waals surface area contributed by atoms with Crippen molar-refractivity contribution in [3.63, 3.8) is 0 Å². The number of rotatable bonds is 6. The van der Waals surface area contributed by atoms with E-state index in [9.17, 15) is 0 Å². The Labute approximate surface area is 111 Å². The van der Waals surface area contributed by atoms with Gasteiger partial charge in [-0.15, -0.1) is 0 Å². The van der Waals surface area contributed by atoms with Gasteiger partial charge >= 0.3 is 0 Å². The number of hydrogen-bond donors (Lipinski definition) is 1. The lowest BCUT2D eigenvalue weighted by molar-refractivity contribution is 0.315. The fraction of sp³-hybridized carbons (Fsp3) is 0.600. The minimum atomic E-state index is 0.624. The maximum Gasteiger partial charge on any atom is 0.122 e. The number of hydrogen-bond acceptors (Lipinski definition) is 2. The molecule has 1 nitrogen and oxygen atoms in total. The SMILES string of the molecule is CCCOc1cc(C)c(CC(C)CS)cc1C. The molecule has 96 valence electrons. The maximum absolute atomic E-state index is 5.74. The lowest BCUT2D eigenvalue weighted by atomic mass is 9.96. The van der Waals surface area contributed by atoms with Crippen molar-refractivity contribution in [2.75, 3.05) is 12.4 Å². The topological polar surface area (TPSA) is 9.23 Å². The fourth-order valence-electron chi connectivity index (χ4n) is 1.88. The first kappa shape index (κ1) is 14.4. The van der Waals surface area contributed by atoms with Crippen molar-refractivity contribution in [3.05, 3.63) is 28.8 Å². The molecule has 0 saturated carbocycles. The second-order valence-electron chi connectivity index (χ2n) is 4.88. The first-order valence-electron chi connectivity index (χ1n) is 6.42. The second kappa shape index (κ2) is 6.95. The van der Waals surface area contributed by atoms with Crippen molar-refractivity contribution in [1.29, 1.82) is 0 Å². The Hall–Kier alpha value is -0.630. The molecule has 1 atom stereocenters. The molecule has 0 heterocycles. The van der Waals surface area contributed by atoms with Gasteiger partial charge in [0.15, 0.2) is 0 Å². The molecule has 0 fully saturated rings. The lowest BCUT2D eigenvalue weighted by Gasteiger charge is -2.15. The van der Waals surface area contributed by atoms with Crippen LogP contribution in [0.4, 0.5) is 0 Å². The summed E-state index contributed by atoms with van der Waals surface area (Å²) < 4.78 is 5.74. The number of ether oxygens (including phenoxy) is 1. The van der Waals surface area contributed by atoms with Crippen molar-refractivity contribution < 1.29 is 4.74 Å². The molecule has 1 aromatic carbocycles. The van der Waals surface area contributed by atoms with Gasteiger partial charge in [0.05, 0.1) is 6.61 Å². The lowest BCUT2D eigenvalue weighted by Crippen LogP contribution is -2.04. The molecule has 0 spiro atoms. The minimum absolute atomic E-state index is 0.624. The molecule has 0 N–H and O–H groups in total. The van der Waals surface area contributed by atoms with E-state index in [4.69, 9.17) is 4.74 Å². The van der Waals surface area contributed by atoms with Crippen LogP contribution in [0.3, 0.4) is 0 Å². The number of benzene rings is 1. The van der Waals surface area contributed by atoms with E-state index >= 15 is 0 Å². The van der Waals surface area contributed by atoms with Gasteiger partial charge in [0.2, 0.25) is 0 Å². The first-order valence-corrected chi connectivity index (χ1v) is 7.05. The summed E-state index contributed by atoms with van der Waals surface area (Å²) in [6.07, 6.45) is 2.15. The van der Waals surface area contributed by atoms with Crippen LogP contribution >= 0.6 is 12.6 Å². The summed E-state index contributed by atoms with van der Waals surface area (Å²) >= 11 is 4.35. The highest BCUT2D eigenvalue weighted by molar-refractivity contribution is 7.80. The Morgan fingerprint density at radius 2 is 1.94 bits per heavy atom. The Morgan fingerprint density at radius 1 is 1.24 bits per heavy atom. The standard InChI is InChI=1S/C15H24OS/c1-5-6-16-15-9-12(3)14(8-13(15)4)7-11(2)10-17/h8-9,11,17H,5-7,10H2,1-4H3. The number of aryl methyl sites for hydroxylation is 2. The van der Waals surface area contributed by atoms with Crippen LogP contribution in [0.1, 0.15) is 37.0 Å². The van der Waals surface area contributed by atoms with Crippen LogP contribution in [0.5, 0.6) is 5.75 Å². The molecule has 17 heavy (non-hydrogen) atoms. The zero-order chi connectivity index (χ0) is 12.8. The molecule has 0 radical (unpaired) electrons. The summed E-state index contributed by atoms with van der Waals surface area (Å²) in [4.78, 5) is 0. The van der Waals surface area contributed by atoms with Crippen molar-refractivity contribution in [1.82, 2.24) is 0 Å². The maximum atomic E-state index is 5.74. The highest BCUT2D eigenvalue weighted by Crippen LogP contribution is 2.25. The molecule has 0 aliphatic carbocycles. The molecule has 2 heteroatoms. The normalized spacial score (nSPS) is 12.5. The zero-order valence-electron chi connectivity index (χ0n) is 11.4. The zero-order valence-corrected chi connectivity index (χ0v) is 12.3. The predicted molar refractivity (Wildman–Crippen MR) is 78.4 cm³/mol. The Kier molecular flexibility index (Phi) is 5.90. The average Bonchev–Trinajstić information content (AvgIpc) is 2.31. The Bertz CT molecular complexity index is 360. The highest BCUT2D eigenvalue weighted by atomic mass is 32.1. The third-order valence-corrected chi connectivity index (χ3v) is 3.60. The van der Waals surface area contributed by atoms with E-state index < -0.39 is 0 Å². The summed E-state index contributed by atoms with van der Waals surface area (Å²) in [5, 5.41) is 0. The van der Waals surface area contributed by atoms with E-state index in [0.29, 0.717) is 5.92 Å². The van der Waals surface area contributed by atoms with Crippen LogP contribution in [0, 0.1) is 19.8 Å². The van der Waals surface area contributed by atoms with E-state index in [2.05, 4.69) is 52.5 Å². The van der Waals surface area contributed by atoms with Gasteiger partial charge in [-0.2, -0.15) is 12.6 Å². The Balaban J connectivity index is 2.85. The van der Waals surface area contributed by atoms with Crippen molar-refractivity contribution in [2.24, 2.45) is 5.92 Å². The molecular formula is C15H24OS. The molecule has 0 saturated heterocycles. The van der Waals surface area contributed by atoms with Crippen LogP contribution in [-0.4, -0.2) is 12.4 Å². The van der Waals surface area contributed by atoms with Gasteiger partial charge in [-0.05, 0) is 61.1 Å². The quantitative estimate of drug-likeness (QED) is 0.747. The molecule has 1 rings (SSSR count). The minimum Gasteiger partial charge on any atom is -0.493 e. The van der Waals surface area contributed by atoms with Gasteiger partial charge in [0.25, 0.3) is 0 Å². The average molecular weight is 252 g/mol. The third-order valence-electron chi connectivity index (χ3n) is 2.98. The molecule has 0 amide bonds. The third kappa shape index (κ3) is 4.27. The molecular weight excluding hydrogens is 228 g/mol. The summed E-state index contributed by atoms with van der Waals surface area (Å²) in [7, 11) is 0. The van der Waals surface area contributed by atoms with Gasteiger partial charge < -0.3 is 4.74 Å². The van der Waals surface area contributed by atoms with Gasteiger partial charge in [0, 0.05) is 0 Å².